The van der Waals surface area contributed by atoms with Gasteiger partial charge in [-0.1, -0.05) is 23.2 Å². The lowest BCUT2D eigenvalue weighted by Crippen LogP contribution is -2.44. The Kier molecular flexibility index (Phi) is 4.31. The Labute approximate surface area is 150 Å². The number of aliphatic hydroxyl groups is 1. The zero-order chi connectivity index (χ0) is 16.7. The maximum atomic E-state index is 10.7. The van der Waals surface area contributed by atoms with E-state index in [0.717, 1.165) is 30.8 Å². The van der Waals surface area contributed by atoms with Gasteiger partial charge in [0.05, 0.1) is 23.5 Å². The van der Waals surface area contributed by atoms with Crippen LogP contribution in [0, 0.1) is 0 Å². The summed E-state index contributed by atoms with van der Waals surface area (Å²) in [5, 5.41) is 15.2. The third-order valence-electron chi connectivity index (χ3n) is 4.57. The van der Waals surface area contributed by atoms with Gasteiger partial charge in [0, 0.05) is 28.7 Å². The van der Waals surface area contributed by atoms with Crippen LogP contribution < -0.4 is 15.0 Å². The minimum absolute atomic E-state index is 0.0382. The molecular formula is C18H18Cl2N2O2. The van der Waals surface area contributed by atoms with Crippen LogP contribution in [0.25, 0.3) is 0 Å². The molecule has 0 spiro atoms. The molecule has 0 aliphatic carbocycles. The SMILES string of the molecule is O[C@H]1CNCCCC1N1c2ccc(Cl)cc2Oc2cc(Cl)ccc21. The average Bonchev–Trinajstić information content (AvgIpc) is 2.77. The highest BCUT2D eigenvalue weighted by Crippen LogP contribution is 2.50. The van der Waals surface area contributed by atoms with Gasteiger partial charge < -0.3 is 20.1 Å². The molecule has 0 aromatic heterocycles. The van der Waals surface area contributed by atoms with Crippen LogP contribution in [0.2, 0.25) is 10.0 Å². The Morgan fingerprint density at radius 2 is 1.67 bits per heavy atom. The van der Waals surface area contributed by atoms with Crippen molar-refractivity contribution < 1.29 is 9.84 Å². The minimum atomic E-state index is -0.474. The summed E-state index contributed by atoms with van der Waals surface area (Å²) in [6.07, 6.45) is 1.42. The van der Waals surface area contributed by atoms with E-state index in [1.54, 1.807) is 12.1 Å². The van der Waals surface area contributed by atoms with Crippen molar-refractivity contribution in [3.8, 4) is 11.5 Å². The van der Waals surface area contributed by atoms with Gasteiger partial charge >= 0.3 is 0 Å². The summed E-state index contributed by atoms with van der Waals surface area (Å²) in [5.41, 5.74) is 1.83. The van der Waals surface area contributed by atoms with Crippen LogP contribution in [-0.4, -0.2) is 30.3 Å². The summed E-state index contributed by atoms with van der Waals surface area (Å²) in [6, 6.07) is 11.1. The zero-order valence-electron chi connectivity index (χ0n) is 13.0. The number of benzene rings is 2. The number of rotatable bonds is 1. The maximum absolute atomic E-state index is 10.7. The van der Waals surface area contributed by atoms with Gasteiger partial charge in [-0.25, -0.2) is 0 Å². The first-order valence-corrected chi connectivity index (χ1v) is 8.84. The second-order valence-corrected chi connectivity index (χ2v) is 7.05. The number of anilines is 2. The van der Waals surface area contributed by atoms with Crippen LogP contribution in [0.4, 0.5) is 11.4 Å². The number of halogens is 2. The highest BCUT2D eigenvalue weighted by Gasteiger charge is 2.34. The third-order valence-corrected chi connectivity index (χ3v) is 5.04. The van der Waals surface area contributed by atoms with Gasteiger partial charge in [0.2, 0.25) is 0 Å². The second kappa shape index (κ2) is 6.45. The van der Waals surface area contributed by atoms with Gasteiger partial charge in [0.15, 0.2) is 11.5 Å². The number of aliphatic hydroxyl groups excluding tert-OH is 1. The third kappa shape index (κ3) is 2.84. The van der Waals surface area contributed by atoms with Crippen LogP contribution in [0.5, 0.6) is 11.5 Å². The molecule has 6 heteroatoms. The molecule has 0 amide bonds. The molecule has 4 nitrogen and oxygen atoms in total. The Morgan fingerprint density at radius 1 is 1.04 bits per heavy atom. The Balaban J connectivity index is 1.85. The zero-order valence-corrected chi connectivity index (χ0v) is 14.5. The largest absolute Gasteiger partial charge is 0.453 e. The summed E-state index contributed by atoms with van der Waals surface area (Å²) in [5.74, 6) is 1.36. The van der Waals surface area contributed by atoms with E-state index in [1.807, 2.05) is 24.3 Å². The van der Waals surface area contributed by atoms with Crippen molar-refractivity contribution in [2.24, 2.45) is 0 Å². The molecule has 2 N–H and O–H groups in total. The van der Waals surface area contributed by atoms with Gasteiger partial charge in [-0.3, -0.25) is 0 Å². The molecule has 1 unspecified atom stereocenters. The van der Waals surface area contributed by atoms with Crippen molar-refractivity contribution in [1.82, 2.24) is 5.32 Å². The molecule has 0 radical (unpaired) electrons. The predicted octanol–water partition coefficient (Wildman–Crippen LogP) is 4.35. The van der Waals surface area contributed by atoms with E-state index < -0.39 is 6.10 Å². The molecule has 126 valence electrons. The van der Waals surface area contributed by atoms with E-state index in [2.05, 4.69) is 10.2 Å². The number of nitrogens with zero attached hydrogens (tertiary/aromatic N) is 1. The van der Waals surface area contributed by atoms with Gasteiger partial charge in [-0.2, -0.15) is 0 Å². The fourth-order valence-corrected chi connectivity index (χ4v) is 3.78. The van der Waals surface area contributed by atoms with Crippen molar-refractivity contribution in [2.45, 2.75) is 25.0 Å². The first kappa shape index (κ1) is 16.0. The number of fused-ring (bicyclic) bond motifs is 2. The highest BCUT2D eigenvalue weighted by atomic mass is 35.5. The van der Waals surface area contributed by atoms with Gasteiger partial charge in [0.1, 0.15) is 0 Å². The smallest absolute Gasteiger partial charge is 0.152 e. The van der Waals surface area contributed by atoms with E-state index in [0.29, 0.717) is 28.1 Å². The molecule has 2 heterocycles. The van der Waals surface area contributed by atoms with Gasteiger partial charge in [0.25, 0.3) is 0 Å². The topological polar surface area (TPSA) is 44.7 Å². The molecule has 0 saturated carbocycles. The Morgan fingerprint density at radius 3 is 2.29 bits per heavy atom. The lowest BCUT2D eigenvalue weighted by Gasteiger charge is -2.40. The van der Waals surface area contributed by atoms with Crippen molar-refractivity contribution >= 4 is 34.6 Å². The first-order chi connectivity index (χ1) is 11.6. The summed E-state index contributed by atoms with van der Waals surface area (Å²) in [4.78, 5) is 2.17. The van der Waals surface area contributed by atoms with E-state index in [9.17, 15) is 5.11 Å². The van der Waals surface area contributed by atoms with Crippen LogP contribution in [-0.2, 0) is 0 Å². The van der Waals surface area contributed by atoms with E-state index in [1.165, 1.54) is 0 Å². The minimum Gasteiger partial charge on any atom is -0.453 e. The lowest BCUT2D eigenvalue weighted by atomic mass is 10.0. The quantitative estimate of drug-likeness (QED) is 0.789. The molecule has 2 aliphatic heterocycles. The first-order valence-electron chi connectivity index (χ1n) is 8.08. The predicted molar refractivity (Wildman–Crippen MR) is 97.0 cm³/mol. The van der Waals surface area contributed by atoms with Crippen molar-refractivity contribution in [3.05, 3.63) is 46.4 Å². The molecule has 2 aromatic rings. The number of ether oxygens (including phenoxy) is 1. The summed E-state index contributed by atoms with van der Waals surface area (Å²) < 4.78 is 6.02. The number of hydrogen-bond donors (Lipinski definition) is 2. The Bertz CT molecular complexity index is 717. The molecule has 2 aromatic carbocycles. The lowest BCUT2D eigenvalue weighted by molar-refractivity contribution is 0.146. The molecule has 1 saturated heterocycles. The van der Waals surface area contributed by atoms with Crippen LogP contribution in [0.1, 0.15) is 12.8 Å². The maximum Gasteiger partial charge on any atom is 0.152 e. The van der Waals surface area contributed by atoms with Gasteiger partial charge in [-0.05, 0) is 43.7 Å². The van der Waals surface area contributed by atoms with Crippen LogP contribution in [0.3, 0.4) is 0 Å². The summed E-state index contributed by atoms with van der Waals surface area (Å²) >= 11 is 12.3. The molecule has 4 rings (SSSR count). The molecule has 2 aliphatic rings. The number of nitrogens with one attached hydrogen (secondary N) is 1. The number of β-amino-alcohol motifs (C(OH)–C–C–N with tert-alkyl or cyclic N) is 1. The van der Waals surface area contributed by atoms with Crippen LogP contribution >= 0.6 is 23.2 Å². The highest BCUT2D eigenvalue weighted by molar-refractivity contribution is 6.31. The van der Waals surface area contributed by atoms with Gasteiger partial charge in [-0.15, -0.1) is 0 Å². The molecule has 24 heavy (non-hydrogen) atoms. The standard InChI is InChI=1S/C18H18Cl2N2O2/c19-11-3-5-14-17(8-11)24-18-9-12(20)4-6-15(18)22(14)13-2-1-7-21-10-16(13)23/h3-6,8-9,13,16,21,23H,1-2,7,10H2/t13?,16-/m0/s1. The normalized spacial score (nSPS) is 23.0. The molecule has 0 bridgehead atoms. The molecular weight excluding hydrogens is 347 g/mol. The molecule has 1 fully saturated rings. The van der Waals surface area contributed by atoms with E-state index in [-0.39, 0.29) is 6.04 Å². The second-order valence-electron chi connectivity index (χ2n) is 6.18. The average molecular weight is 365 g/mol. The summed E-state index contributed by atoms with van der Waals surface area (Å²) in [6.45, 7) is 1.49. The van der Waals surface area contributed by atoms with E-state index >= 15 is 0 Å². The van der Waals surface area contributed by atoms with E-state index in [4.69, 9.17) is 27.9 Å². The monoisotopic (exact) mass is 364 g/mol. The van der Waals surface area contributed by atoms with Crippen molar-refractivity contribution in [2.75, 3.05) is 18.0 Å². The molecule has 2 atom stereocenters. The summed E-state index contributed by atoms with van der Waals surface area (Å²) in [7, 11) is 0. The van der Waals surface area contributed by atoms with Crippen LogP contribution in [0.15, 0.2) is 36.4 Å². The number of hydrogen-bond acceptors (Lipinski definition) is 4. The fourth-order valence-electron chi connectivity index (χ4n) is 3.46. The van der Waals surface area contributed by atoms with Crippen molar-refractivity contribution in [1.29, 1.82) is 0 Å². The van der Waals surface area contributed by atoms with Crippen molar-refractivity contribution in [3.63, 3.8) is 0 Å². The fraction of sp³-hybridized carbons (Fsp3) is 0.333. The Hall–Kier alpha value is -1.46.